The predicted molar refractivity (Wildman–Crippen MR) is 82.8 cm³/mol. The molecule has 1 aliphatic heterocycles. The van der Waals surface area contributed by atoms with Crippen molar-refractivity contribution >= 4 is 11.7 Å². The molecular weight excluding hydrogens is 300 g/mol. The van der Waals surface area contributed by atoms with Crippen molar-refractivity contribution in [1.29, 1.82) is 0 Å². The number of hydrogen-bond acceptors (Lipinski definition) is 8. The summed E-state index contributed by atoms with van der Waals surface area (Å²) in [6, 6.07) is 5.29. The van der Waals surface area contributed by atoms with Gasteiger partial charge in [-0.25, -0.2) is 9.97 Å². The minimum absolute atomic E-state index is 0.115. The van der Waals surface area contributed by atoms with E-state index in [-0.39, 0.29) is 11.5 Å². The zero-order valence-corrected chi connectivity index (χ0v) is 12.6. The molecule has 1 aliphatic rings. The first-order chi connectivity index (χ1) is 10.9. The van der Waals surface area contributed by atoms with Gasteiger partial charge in [0, 0.05) is 5.56 Å². The van der Waals surface area contributed by atoms with E-state index in [9.17, 15) is 4.79 Å². The molecule has 0 fully saturated rings. The Balaban J connectivity index is 2.03. The first kappa shape index (κ1) is 15.0. The molecule has 2 aromatic rings. The summed E-state index contributed by atoms with van der Waals surface area (Å²) in [6.07, 6.45) is 1.52. The normalized spacial score (nSPS) is 15.2. The van der Waals surface area contributed by atoms with Crippen LogP contribution >= 0.6 is 0 Å². The van der Waals surface area contributed by atoms with Crippen LogP contribution in [0.4, 0.5) is 5.82 Å². The lowest BCUT2D eigenvalue weighted by Crippen LogP contribution is -2.70. The molecule has 3 rings (SSSR count). The van der Waals surface area contributed by atoms with Gasteiger partial charge in [0.25, 0.3) is 5.91 Å². The number of nitrogens with one attached hydrogen (secondary N) is 2. The first-order valence-corrected chi connectivity index (χ1v) is 6.71. The highest BCUT2D eigenvalue weighted by Crippen LogP contribution is 2.32. The van der Waals surface area contributed by atoms with Gasteiger partial charge in [-0.05, 0) is 18.2 Å². The predicted octanol–water partition coefficient (Wildman–Crippen LogP) is -0.155. The van der Waals surface area contributed by atoms with Crippen LogP contribution < -0.4 is 31.6 Å². The number of benzene rings is 1. The van der Waals surface area contributed by atoms with Crippen LogP contribution in [0.5, 0.6) is 11.5 Å². The molecule has 0 spiro atoms. The van der Waals surface area contributed by atoms with Crippen LogP contribution in [0.25, 0.3) is 11.3 Å². The van der Waals surface area contributed by atoms with Crippen LogP contribution in [-0.4, -0.2) is 36.0 Å². The maximum Gasteiger partial charge on any atom is 0.277 e. The Morgan fingerprint density at radius 3 is 2.57 bits per heavy atom. The van der Waals surface area contributed by atoms with Gasteiger partial charge in [0.2, 0.25) is 5.91 Å². The Bertz CT molecular complexity index is 777. The lowest BCUT2D eigenvalue weighted by molar-refractivity contribution is 0.0899. The summed E-state index contributed by atoms with van der Waals surface area (Å²) in [5.74, 6) is -0.682. The molecule has 9 heteroatoms. The third kappa shape index (κ3) is 2.74. The zero-order chi connectivity index (χ0) is 16.6. The number of anilines is 1. The summed E-state index contributed by atoms with van der Waals surface area (Å²) >= 11 is 0. The third-order valence-corrected chi connectivity index (χ3v) is 3.31. The summed E-state index contributed by atoms with van der Waals surface area (Å²) in [6.45, 7) is 0. The van der Waals surface area contributed by atoms with Gasteiger partial charge in [-0.15, -0.1) is 0 Å². The molecule has 1 aromatic heterocycles. The van der Waals surface area contributed by atoms with Crippen molar-refractivity contribution in [3.05, 3.63) is 30.1 Å². The molecule has 6 N–H and O–H groups in total. The van der Waals surface area contributed by atoms with Gasteiger partial charge >= 0.3 is 0 Å². The van der Waals surface area contributed by atoms with Crippen molar-refractivity contribution in [3.63, 3.8) is 0 Å². The van der Waals surface area contributed by atoms with Crippen molar-refractivity contribution in [2.24, 2.45) is 11.5 Å². The van der Waals surface area contributed by atoms with E-state index in [1.807, 2.05) is 0 Å². The summed E-state index contributed by atoms with van der Waals surface area (Å²) in [5, 5.41) is 5.08. The Morgan fingerprint density at radius 1 is 1.13 bits per heavy atom. The molecule has 9 nitrogen and oxygen atoms in total. The van der Waals surface area contributed by atoms with E-state index in [2.05, 4.69) is 20.6 Å². The van der Waals surface area contributed by atoms with Crippen molar-refractivity contribution < 1.29 is 14.3 Å². The Kier molecular flexibility index (Phi) is 3.51. The van der Waals surface area contributed by atoms with Crippen LogP contribution in [-0.2, 0) is 0 Å². The number of amides is 1. The number of carbonyl (C=O) groups is 1. The monoisotopic (exact) mass is 316 g/mol. The van der Waals surface area contributed by atoms with E-state index in [4.69, 9.17) is 20.9 Å². The number of aromatic nitrogens is 2. The zero-order valence-electron chi connectivity index (χ0n) is 12.6. The largest absolute Gasteiger partial charge is 0.493 e. The van der Waals surface area contributed by atoms with Crippen molar-refractivity contribution in [2.75, 3.05) is 19.5 Å². The number of ether oxygens (including phenoxy) is 2. The highest BCUT2D eigenvalue weighted by atomic mass is 16.5. The molecule has 0 saturated carbocycles. The summed E-state index contributed by atoms with van der Waals surface area (Å²) in [7, 11) is 3.09. The van der Waals surface area contributed by atoms with Crippen molar-refractivity contribution in [3.8, 4) is 22.8 Å². The fourth-order valence-electron chi connectivity index (χ4n) is 2.25. The molecule has 2 heterocycles. The molecule has 0 aliphatic carbocycles. The molecule has 120 valence electrons. The Hall–Kier alpha value is -2.91. The van der Waals surface area contributed by atoms with Gasteiger partial charge in [0.05, 0.1) is 26.1 Å². The van der Waals surface area contributed by atoms with Gasteiger partial charge < -0.3 is 20.1 Å². The Morgan fingerprint density at radius 2 is 1.87 bits per heavy atom. The lowest BCUT2D eigenvalue weighted by atomic mass is 10.1. The molecule has 0 atom stereocenters. The average molecular weight is 316 g/mol. The van der Waals surface area contributed by atoms with Gasteiger partial charge in [-0.2, -0.15) is 0 Å². The number of carbonyl (C=O) groups excluding carboxylic acids is 1. The Labute approximate surface area is 132 Å². The molecule has 0 saturated heterocycles. The van der Waals surface area contributed by atoms with E-state index in [0.29, 0.717) is 17.2 Å². The van der Waals surface area contributed by atoms with Crippen molar-refractivity contribution in [1.82, 2.24) is 15.3 Å². The molecule has 0 unspecified atom stereocenters. The van der Waals surface area contributed by atoms with Gasteiger partial charge in [-0.1, -0.05) is 0 Å². The molecule has 1 amide bonds. The van der Waals surface area contributed by atoms with Crippen molar-refractivity contribution in [2.45, 2.75) is 5.91 Å². The van der Waals surface area contributed by atoms with Crippen LogP contribution in [0.15, 0.2) is 24.4 Å². The molecule has 0 radical (unpaired) electrons. The van der Waals surface area contributed by atoms with Crippen LogP contribution in [0.1, 0.15) is 10.5 Å². The fourth-order valence-corrected chi connectivity index (χ4v) is 2.25. The van der Waals surface area contributed by atoms with Gasteiger partial charge in [0.1, 0.15) is 0 Å². The number of nitrogens with zero attached hydrogens (tertiary/aromatic N) is 2. The number of methoxy groups -OCH3 is 2. The molecule has 0 bridgehead atoms. The van der Waals surface area contributed by atoms with Crippen LogP contribution in [0.2, 0.25) is 0 Å². The quantitative estimate of drug-likeness (QED) is 0.573. The van der Waals surface area contributed by atoms with E-state index >= 15 is 0 Å². The molecule has 23 heavy (non-hydrogen) atoms. The third-order valence-electron chi connectivity index (χ3n) is 3.31. The van der Waals surface area contributed by atoms with Gasteiger partial charge in [-0.3, -0.25) is 16.3 Å². The maximum atomic E-state index is 12.0. The minimum Gasteiger partial charge on any atom is -0.493 e. The second kappa shape index (κ2) is 5.38. The molecule has 1 aromatic carbocycles. The van der Waals surface area contributed by atoms with Crippen LogP contribution in [0, 0.1) is 0 Å². The number of hydrogen-bond donors (Lipinski definition) is 4. The second-order valence-electron chi connectivity index (χ2n) is 4.97. The SMILES string of the molecule is COc1ccc(-c2cnc3c(n2)C(=O)NC(N)(N)N3)cc1OC. The number of nitrogens with two attached hydrogens (primary N) is 2. The summed E-state index contributed by atoms with van der Waals surface area (Å²) in [4.78, 5) is 20.5. The summed E-state index contributed by atoms with van der Waals surface area (Å²) < 4.78 is 10.5. The maximum absolute atomic E-state index is 12.0. The van der Waals surface area contributed by atoms with E-state index < -0.39 is 11.8 Å². The van der Waals surface area contributed by atoms with Gasteiger partial charge in [0.15, 0.2) is 23.0 Å². The number of fused-ring (bicyclic) bond motifs is 1. The number of rotatable bonds is 3. The standard InChI is InChI=1S/C14H16N6O3/c1-22-9-4-3-7(5-10(9)23-2)8-6-17-12-11(18-8)13(21)20-14(15,16)19-12/h3-6H,15-16H2,1-2H3,(H,17,19)(H,20,21). The van der Waals surface area contributed by atoms with E-state index in [1.54, 1.807) is 32.4 Å². The minimum atomic E-state index is -1.55. The topological polar surface area (TPSA) is 137 Å². The van der Waals surface area contributed by atoms with Crippen LogP contribution in [0.3, 0.4) is 0 Å². The smallest absolute Gasteiger partial charge is 0.277 e. The highest BCUT2D eigenvalue weighted by molar-refractivity contribution is 5.99. The fraction of sp³-hybridized carbons (Fsp3) is 0.214. The highest BCUT2D eigenvalue weighted by Gasteiger charge is 2.32. The van der Waals surface area contributed by atoms with E-state index in [0.717, 1.165) is 5.56 Å². The lowest BCUT2D eigenvalue weighted by Gasteiger charge is -2.31. The average Bonchev–Trinajstić information content (AvgIpc) is 2.53. The second-order valence-corrected chi connectivity index (χ2v) is 4.97. The van der Waals surface area contributed by atoms with E-state index in [1.165, 1.54) is 6.20 Å². The molecular formula is C14H16N6O3. The summed E-state index contributed by atoms with van der Waals surface area (Å²) in [5.41, 5.74) is 12.6. The first-order valence-electron chi connectivity index (χ1n) is 6.71.